The molecule has 152 valence electrons. The highest BCUT2D eigenvalue weighted by atomic mass is 35.5. The number of hydrogen-bond acceptors (Lipinski definition) is 7. The van der Waals surface area contributed by atoms with Crippen LogP contribution in [0.4, 0.5) is 11.4 Å². The molecule has 2 aromatic carbocycles. The second-order valence-electron chi connectivity index (χ2n) is 5.81. The zero-order valence-corrected chi connectivity index (χ0v) is 16.8. The highest BCUT2D eigenvalue weighted by Gasteiger charge is 2.08. The fraction of sp³-hybridized carbons (Fsp3) is 0.158. The van der Waals surface area contributed by atoms with E-state index in [1.54, 1.807) is 24.5 Å². The van der Waals surface area contributed by atoms with Gasteiger partial charge in [-0.2, -0.15) is 0 Å². The van der Waals surface area contributed by atoms with Gasteiger partial charge in [-0.25, -0.2) is 9.97 Å². The first kappa shape index (κ1) is 22.4. The lowest BCUT2D eigenvalue weighted by Gasteiger charge is -2.10. The third-order valence-corrected chi connectivity index (χ3v) is 4.07. The Morgan fingerprint density at radius 1 is 1.07 bits per heavy atom. The fourth-order valence-corrected chi connectivity index (χ4v) is 2.68. The monoisotopic (exact) mass is 435 g/mol. The molecule has 0 amide bonds. The quantitative estimate of drug-likeness (QED) is 0.290. The molecule has 2 N–H and O–H groups in total. The molecule has 0 saturated carbocycles. The number of rotatable bonds is 9. The Hall–Kier alpha value is -2.94. The van der Waals surface area contributed by atoms with Gasteiger partial charge < -0.3 is 15.4 Å². The Bertz CT molecular complexity index is 944. The zero-order valence-electron chi connectivity index (χ0n) is 15.2. The van der Waals surface area contributed by atoms with E-state index >= 15 is 0 Å². The average Bonchev–Trinajstić information content (AvgIpc) is 2.70. The van der Waals surface area contributed by atoms with Gasteiger partial charge in [0.2, 0.25) is 0 Å². The molecule has 0 atom stereocenters. The number of hydrogen-bond donors (Lipinski definition) is 2. The molecule has 10 heteroatoms. The van der Waals surface area contributed by atoms with Crippen LogP contribution >= 0.6 is 24.0 Å². The number of ether oxygens (including phenoxy) is 1. The van der Waals surface area contributed by atoms with Crippen LogP contribution in [-0.4, -0.2) is 28.0 Å². The summed E-state index contributed by atoms with van der Waals surface area (Å²) < 4.78 is 5.62. The molecule has 8 nitrogen and oxygen atoms in total. The molecular formula is C19H19Cl2N5O3. The molecule has 0 unspecified atom stereocenters. The van der Waals surface area contributed by atoms with Gasteiger partial charge in [-0.05, 0) is 29.8 Å². The number of halogens is 2. The predicted molar refractivity (Wildman–Crippen MR) is 114 cm³/mol. The molecule has 1 aromatic heterocycles. The number of anilines is 1. The van der Waals surface area contributed by atoms with E-state index in [0.29, 0.717) is 42.1 Å². The summed E-state index contributed by atoms with van der Waals surface area (Å²) in [5.41, 5.74) is 1.69. The minimum Gasteiger partial charge on any atom is -0.424 e. The standard InChI is InChI=1S/C19H18ClN5O3.ClH/c20-17-12-15(25(26)27)5-6-18(17)22-10-9-21-13-14-3-1-4-16(11-14)28-19-23-7-2-8-24-19;/h1-8,11-12,21-22H,9-10,13H2;1H. The van der Waals surface area contributed by atoms with E-state index in [1.807, 2.05) is 24.3 Å². The van der Waals surface area contributed by atoms with Gasteiger partial charge in [-0.1, -0.05) is 23.7 Å². The lowest BCUT2D eigenvalue weighted by atomic mass is 10.2. The van der Waals surface area contributed by atoms with Crippen LogP contribution in [0, 0.1) is 10.1 Å². The summed E-state index contributed by atoms with van der Waals surface area (Å²) in [4.78, 5) is 18.3. The molecule has 1 heterocycles. The summed E-state index contributed by atoms with van der Waals surface area (Å²) in [6, 6.07) is 14.1. The van der Waals surface area contributed by atoms with Crippen molar-refractivity contribution in [3.05, 3.63) is 81.6 Å². The molecule has 0 aliphatic rings. The summed E-state index contributed by atoms with van der Waals surface area (Å²) in [7, 11) is 0. The van der Waals surface area contributed by atoms with Crippen molar-refractivity contribution in [1.29, 1.82) is 0 Å². The third kappa shape index (κ3) is 6.86. The van der Waals surface area contributed by atoms with Crippen molar-refractivity contribution in [3.8, 4) is 11.8 Å². The first-order chi connectivity index (χ1) is 13.6. The minimum atomic E-state index is -0.473. The van der Waals surface area contributed by atoms with Crippen molar-refractivity contribution in [2.24, 2.45) is 0 Å². The number of nitrogens with one attached hydrogen (secondary N) is 2. The van der Waals surface area contributed by atoms with E-state index in [-0.39, 0.29) is 18.1 Å². The highest BCUT2D eigenvalue weighted by molar-refractivity contribution is 6.33. The van der Waals surface area contributed by atoms with Gasteiger partial charge in [0.05, 0.1) is 15.6 Å². The van der Waals surface area contributed by atoms with Crippen LogP contribution in [0.15, 0.2) is 60.9 Å². The normalized spacial score (nSPS) is 10.1. The first-order valence-electron chi connectivity index (χ1n) is 8.54. The third-order valence-electron chi connectivity index (χ3n) is 3.76. The minimum absolute atomic E-state index is 0. The van der Waals surface area contributed by atoms with Crippen LogP contribution in [0.5, 0.6) is 11.8 Å². The molecule has 29 heavy (non-hydrogen) atoms. The second kappa shape index (κ2) is 11.2. The Morgan fingerprint density at radius 3 is 2.59 bits per heavy atom. The molecular weight excluding hydrogens is 417 g/mol. The number of benzene rings is 2. The SMILES string of the molecule is Cl.O=[N+]([O-])c1ccc(NCCNCc2cccc(Oc3ncccn3)c2)c(Cl)c1. The van der Waals surface area contributed by atoms with Crippen LogP contribution < -0.4 is 15.4 Å². The number of non-ortho nitro benzene ring substituents is 1. The summed E-state index contributed by atoms with van der Waals surface area (Å²) in [5, 5.41) is 17.5. The van der Waals surface area contributed by atoms with Gasteiger partial charge in [0, 0.05) is 44.2 Å². The van der Waals surface area contributed by atoms with E-state index in [9.17, 15) is 10.1 Å². The maximum absolute atomic E-state index is 10.7. The van der Waals surface area contributed by atoms with Crippen molar-refractivity contribution in [3.63, 3.8) is 0 Å². The lowest BCUT2D eigenvalue weighted by Crippen LogP contribution is -2.21. The van der Waals surface area contributed by atoms with E-state index in [0.717, 1.165) is 5.56 Å². The summed E-state index contributed by atoms with van der Waals surface area (Å²) in [6.45, 7) is 1.95. The molecule has 0 saturated heterocycles. The van der Waals surface area contributed by atoms with Crippen molar-refractivity contribution < 1.29 is 9.66 Å². The molecule has 3 aromatic rings. The Kier molecular flexibility index (Phi) is 8.60. The summed E-state index contributed by atoms with van der Waals surface area (Å²) in [6.07, 6.45) is 3.25. The van der Waals surface area contributed by atoms with E-state index in [1.165, 1.54) is 12.1 Å². The molecule has 0 aliphatic heterocycles. The van der Waals surface area contributed by atoms with Crippen molar-refractivity contribution in [2.75, 3.05) is 18.4 Å². The van der Waals surface area contributed by atoms with Crippen molar-refractivity contribution in [2.45, 2.75) is 6.54 Å². The zero-order chi connectivity index (χ0) is 19.8. The number of nitro groups is 1. The van der Waals surface area contributed by atoms with E-state index in [2.05, 4.69) is 20.6 Å². The molecule has 0 bridgehead atoms. The van der Waals surface area contributed by atoms with Crippen LogP contribution in [0.25, 0.3) is 0 Å². The van der Waals surface area contributed by atoms with Gasteiger partial charge >= 0.3 is 6.01 Å². The van der Waals surface area contributed by atoms with E-state index < -0.39 is 4.92 Å². The van der Waals surface area contributed by atoms with Crippen molar-refractivity contribution >= 4 is 35.4 Å². The van der Waals surface area contributed by atoms with Gasteiger partial charge in [0.1, 0.15) is 5.75 Å². The molecule has 0 aliphatic carbocycles. The smallest absolute Gasteiger partial charge is 0.321 e. The molecule has 0 spiro atoms. The van der Waals surface area contributed by atoms with E-state index in [4.69, 9.17) is 16.3 Å². The van der Waals surface area contributed by atoms with Crippen molar-refractivity contribution in [1.82, 2.24) is 15.3 Å². The second-order valence-corrected chi connectivity index (χ2v) is 6.21. The first-order valence-corrected chi connectivity index (χ1v) is 8.92. The Balaban J connectivity index is 0.00000300. The Morgan fingerprint density at radius 2 is 1.86 bits per heavy atom. The topological polar surface area (TPSA) is 102 Å². The highest BCUT2D eigenvalue weighted by Crippen LogP contribution is 2.26. The Labute approximate surface area is 178 Å². The molecule has 3 rings (SSSR count). The van der Waals surface area contributed by atoms with Gasteiger partial charge in [-0.3, -0.25) is 10.1 Å². The molecule has 0 radical (unpaired) electrons. The summed E-state index contributed by atoms with van der Waals surface area (Å²) >= 11 is 6.05. The number of nitrogens with zero attached hydrogens (tertiary/aromatic N) is 3. The average molecular weight is 436 g/mol. The summed E-state index contributed by atoms with van der Waals surface area (Å²) in [5.74, 6) is 0.668. The van der Waals surface area contributed by atoms with Crippen LogP contribution in [0.1, 0.15) is 5.56 Å². The van der Waals surface area contributed by atoms with Crippen LogP contribution in [-0.2, 0) is 6.54 Å². The predicted octanol–water partition coefficient (Wildman–Crippen LogP) is 4.45. The maximum Gasteiger partial charge on any atom is 0.321 e. The van der Waals surface area contributed by atoms with Crippen LogP contribution in [0.3, 0.4) is 0 Å². The fourth-order valence-electron chi connectivity index (χ4n) is 2.44. The number of aromatic nitrogens is 2. The maximum atomic E-state index is 10.7. The lowest BCUT2D eigenvalue weighted by molar-refractivity contribution is -0.384. The molecule has 0 fully saturated rings. The van der Waals surface area contributed by atoms with Gasteiger partial charge in [-0.15, -0.1) is 12.4 Å². The van der Waals surface area contributed by atoms with Gasteiger partial charge in [0.25, 0.3) is 5.69 Å². The van der Waals surface area contributed by atoms with Crippen LogP contribution in [0.2, 0.25) is 5.02 Å². The van der Waals surface area contributed by atoms with Gasteiger partial charge in [0.15, 0.2) is 0 Å². The largest absolute Gasteiger partial charge is 0.424 e. The number of nitro benzene ring substituents is 1.